The van der Waals surface area contributed by atoms with E-state index in [-0.39, 0.29) is 5.69 Å². The Hall–Kier alpha value is -1.85. The van der Waals surface area contributed by atoms with Gasteiger partial charge in [0.25, 0.3) is 5.91 Å². The van der Waals surface area contributed by atoms with Gasteiger partial charge in [0.1, 0.15) is 17.8 Å². The number of carbonyl (C=O) groups excluding carboxylic acids is 1. The van der Waals surface area contributed by atoms with Crippen LogP contribution in [0.5, 0.6) is 0 Å². The number of rotatable bonds is 5. The molecule has 110 valence electrons. The molecule has 1 aromatic carbocycles. The molecule has 0 atom stereocenters. The third-order valence-corrected chi connectivity index (χ3v) is 3.29. The first kappa shape index (κ1) is 15.5. The van der Waals surface area contributed by atoms with Crippen LogP contribution in [-0.4, -0.2) is 22.4 Å². The standard InChI is InChI=1S/C14H14Cl2N4O/c1-2-6-17-12-7-11(18-8-19-12)14(21)20-13-9(15)4-3-5-10(13)16/h3-5,7-8H,2,6H2,1H3,(H,20,21)(H,17,18,19). The van der Waals surface area contributed by atoms with Crippen molar-refractivity contribution < 1.29 is 4.79 Å². The van der Waals surface area contributed by atoms with E-state index in [1.807, 2.05) is 6.92 Å². The number of benzene rings is 1. The molecule has 0 saturated heterocycles. The van der Waals surface area contributed by atoms with Crippen LogP contribution < -0.4 is 10.6 Å². The Morgan fingerprint density at radius 2 is 1.95 bits per heavy atom. The van der Waals surface area contributed by atoms with Gasteiger partial charge >= 0.3 is 0 Å². The molecule has 5 nitrogen and oxygen atoms in total. The number of carbonyl (C=O) groups is 1. The zero-order valence-electron chi connectivity index (χ0n) is 11.4. The number of amides is 1. The van der Waals surface area contributed by atoms with E-state index in [0.717, 1.165) is 13.0 Å². The summed E-state index contributed by atoms with van der Waals surface area (Å²) in [6.45, 7) is 2.82. The average molecular weight is 325 g/mol. The van der Waals surface area contributed by atoms with Crippen molar-refractivity contribution in [2.24, 2.45) is 0 Å². The monoisotopic (exact) mass is 324 g/mol. The highest BCUT2D eigenvalue weighted by atomic mass is 35.5. The Morgan fingerprint density at radius 1 is 1.24 bits per heavy atom. The van der Waals surface area contributed by atoms with Crippen LogP contribution in [0.15, 0.2) is 30.6 Å². The van der Waals surface area contributed by atoms with Crippen LogP contribution in [-0.2, 0) is 0 Å². The molecule has 0 aliphatic carbocycles. The fourth-order valence-electron chi connectivity index (χ4n) is 1.63. The minimum Gasteiger partial charge on any atom is -0.370 e. The summed E-state index contributed by atoms with van der Waals surface area (Å²) < 4.78 is 0. The van der Waals surface area contributed by atoms with E-state index in [9.17, 15) is 4.79 Å². The van der Waals surface area contributed by atoms with Crippen LogP contribution in [0, 0.1) is 0 Å². The maximum atomic E-state index is 12.2. The Kier molecular flexibility index (Phi) is 5.36. The summed E-state index contributed by atoms with van der Waals surface area (Å²) in [6.07, 6.45) is 2.29. The van der Waals surface area contributed by atoms with Gasteiger partial charge in [-0.15, -0.1) is 0 Å². The largest absolute Gasteiger partial charge is 0.370 e. The van der Waals surface area contributed by atoms with Crippen LogP contribution in [0.4, 0.5) is 11.5 Å². The molecule has 7 heteroatoms. The van der Waals surface area contributed by atoms with Gasteiger partial charge in [-0.3, -0.25) is 4.79 Å². The first-order chi connectivity index (χ1) is 10.1. The fourth-order valence-corrected chi connectivity index (χ4v) is 2.12. The quantitative estimate of drug-likeness (QED) is 0.876. The van der Waals surface area contributed by atoms with Crippen molar-refractivity contribution in [3.63, 3.8) is 0 Å². The molecule has 1 amide bonds. The molecule has 0 radical (unpaired) electrons. The normalized spacial score (nSPS) is 10.2. The van der Waals surface area contributed by atoms with Crippen LogP contribution in [0.1, 0.15) is 23.8 Å². The number of hydrogen-bond acceptors (Lipinski definition) is 4. The molecular formula is C14H14Cl2N4O. The molecular weight excluding hydrogens is 311 g/mol. The summed E-state index contributed by atoms with van der Waals surface area (Å²) in [5.41, 5.74) is 0.604. The summed E-state index contributed by atoms with van der Waals surface area (Å²) in [6, 6.07) is 6.59. The smallest absolute Gasteiger partial charge is 0.274 e. The lowest BCUT2D eigenvalue weighted by atomic mass is 10.3. The summed E-state index contributed by atoms with van der Waals surface area (Å²) in [5.74, 6) is 0.203. The predicted molar refractivity (Wildman–Crippen MR) is 85.2 cm³/mol. The second kappa shape index (κ2) is 7.24. The molecule has 0 spiro atoms. The van der Waals surface area contributed by atoms with Gasteiger partial charge in [0.15, 0.2) is 0 Å². The number of halogens is 2. The summed E-state index contributed by atoms with van der Waals surface area (Å²) in [7, 11) is 0. The van der Waals surface area contributed by atoms with Crippen molar-refractivity contribution in [2.75, 3.05) is 17.2 Å². The SMILES string of the molecule is CCCNc1cc(C(=O)Nc2c(Cl)cccc2Cl)ncn1. The van der Waals surface area contributed by atoms with Gasteiger partial charge in [-0.1, -0.05) is 36.2 Å². The second-order valence-electron chi connectivity index (χ2n) is 4.27. The summed E-state index contributed by atoms with van der Waals surface area (Å²) in [5, 5.41) is 6.49. The number of nitrogens with zero attached hydrogens (tertiary/aromatic N) is 2. The Morgan fingerprint density at radius 3 is 2.62 bits per heavy atom. The topological polar surface area (TPSA) is 66.9 Å². The van der Waals surface area contributed by atoms with E-state index < -0.39 is 5.91 Å². The highest BCUT2D eigenvalue weighted by molar-refractivity contribution is 6.40. The second-order valence-corrected chi connectivity index (χ2v) is 5.08. The van der Waals surface area contributed by atoms with Gasteiger partial charge in [0.2, 0.25) is 0 Å². The lowest BCUT2D eigenvalue weighted by Gasteiger charge is -2.09. The third-order valence-electron chi connectivity index (χ3n) is 2.66. The van der Waals surface area contributed by atoms with Gasteiger partial charge in [-0.25, -0.2) is 9.97 Å². The molecule has 0 saturated carbocycles. The molecule has 0 bridgehead atoms. The predicted octanol–water partition coefficient (Wildman–Crippen LogP) is 3.86. The molecule has 2 aromatic rings. The van der Waals surface area contributed by atoms with Gasteiger partial charge in [0.05, 0.1) is 15.7 Å². The van der Waals surface area contributed by atoms with Gasteiger partial charge < -0.3 is 10.6 Å². The molecule has 2 N–H and O–H groups in total. The van der Waals surface area contributed by atoms with Gasteiger partial charge in [-0.05, 0) is 18.6 Å². The van der Waals surface area contributed by atoms with E-state index in [2.05, 4.69) is 20.6 Å². The number of para-hydroxylation sites is 1. The molecule has 0 aliphatic heterocycles. The summed E-state index contributed by atoms with van der Waals surface area (Å²) in [4.78, 5) is 20.2. The molecule has 0 unspecified atom stereocenters. The number of aromatic nitrogens is 2. The average Bonchev–Trinajstić information content (AvgIpc) is 2.49. The molecule has 0 aliphatic rings. The molecule has 2 rings (SSSR count). The van der Waals surface area contributed by atoms with Crippen LogP contribution in [0.25, 0.3) is 0 Å². The van der Waals surface area contributed by atoms with Crippen molar-refractivity contribution in [3.05, 3.63) is 46.3 Å². The molecule has 1 heterocycles. The van der Waals surface area contributed by atoms with Crippen LogP contribution in [0.2, 0.25) is 10.0 Å². The number of anilines is 2. The van der Waals surface area contributed by atoms with Crippen molar-refractivity contribution in [3.8, 4) is 0 Å². The van der Waals surface area contributed by atoms with E-state index in [0.29, 0.717) is 21.6 Å². The van der Waals surface area contributed by atoms with Crippen LogP contribution >= 0.6 is 23.2 Å². The first-order valence-electron chi connectivity index (χ1n) is 6.43. The molecule has 1 aromatic heterocycles. The lowest BCUT2D eigenvalue weighted by Crippen LogP contribution is -2.15. The highest BCUT2D eigenvalue weighted by Crippen LogP contribution is 2.30. The Labute approximate surface area is 132 Å². The zero-order chi connectivity index (χ0) is 15.2. The highest BCUT2D eigenvalue weighted by Gasteiger charge is 2.13. The summed E-state index contributed by atoms with van der Waals surface area (Å²) >= 11 is 12.0. The Bertz CT molecular complexity index is 628. The Balaban J connectivity index is 2.17. The lowest BCUT2D eigenvalue weighted by molar-refractivity contribution is 0.102. The fraction of sp³-hybridized carbons (Fsp3) is 0.214. The number of hydrogen-bond donors (Lipinski definition) is 2. The van der Waals surface area contributed by atoms with Crippen molar-refractivity contribution >= 4 is 40.6 Å². The minimum absolute atomic E-state index is 0.236. The minimum atomic E-state index is -0.396. The zero-order valence-corrected chi connectivity index (χ0v) is 12.9. The van der Waals surface area contributed by atoms with E-state index >= 15 is 0 Å². The van der Waals surface area contributed by atoms with Crippen molar-refractivity contribution in [1.82, 2.24) is 9.97 Å². The number of nitrogens with one attached hydrogen (secondary N) is 2. The molecule has 21 heavy (non-hydrogen) atoms. The van der Waals surface area contributed by atoms with Crippen LogP contribution in [0.3, 0.4) is 0 Å². The van der Waals surface area contributed by atoms with Gasteiger partial charge in [0, 0.05) is 12.6 Å². The van der Waals surface area contributed by atoms with E-state index in [4.69, 9.17) is 23.2 Å². The maximum Gasteiger partial charge on any atom is 0.274 e. The molecule has 0 fully saturated rings. The third kappa shape index (κ3) is 4.06. The van der Waals surface area contributed by atoms with Crippen molar-refractivity contribution in [1.29, 1.82) is 0 Å². The van der Waals surface area contributed by atoms with E-state index in [1.165, 1.54) is 6.33 Å². The van der Waals surface area contributed by atoms with Gasteiger partial charge in [-0.2, -0.15) is 0 Å². The van der Waals surface area contributed by atoms with E-state index in [1.54, 1.807) is 24.3 Å². The first-order valence-corrected chi connectivity index (χ1v) is 7.18. The van der Waals surface area contributed by atoms with Crippen molar-refractivity contribution in [2.45, 2.75) is 13.3 Å². The maximum absolute atomic E-state index is 12.2.